The summed E-state index contributed by atoms with van der Waals surface area (Å²) in [6.45, 7) is 0. The predicted octanol–water partition coefficient (Wildman–Crippen LogP) is 3.19. The smallest absolute Gasteiger partial charge is 0.0485 e. The van der Waals surface area contributed by atoms with Crippen LogP contribution in [0.2, 0.25) is 0 Å². The van der Waals surface area contributed by atoms with E-state index in [1.807, 2.05) is 0 Å². The number of likely N-dealkylation sites (N-methyl/N-ethyl adjacent to an activating group) is 1. The zero-order valence-electron chi connectivity index (χ0n) is 10.7. The van der Waals surface area contributed by atoms with E-state index in [1.54, 1.807) is 0 Å². The maximum atomic E-state index is 2.54. The van der Waals surface area contributed by atoms with Crippen LogP contribution in [-0.2, 0) is 0 Å². The maximum Gasteiger partial charge on any atom is 0.0485 e. The van der Waals surface area contributed by atoms with E-state index in [4.69, 9.17) is 0 Å². The molecule has 4 rings (SSSR count). The first-order chi connectivity index (χ1) is 8.83. The van der Waals surface area contributed by atoms with Crippen LogP contribution in [0.15, 0.2) is 42.6 Å². The van der Waals surface area contributed by atoms with Gasteiger partial charge >= 0.3 is 0 Å². The van der Waals surface area contributed by atoms with E-state index in [0.29, 0.717) is 6.04 Å². The number of fused-ring (bicyclic) bond motifs is 3. The highest BCUT2D eigenvalue weighted by molar-refractivity contribution is 5.68. The van der Waals surface area contributed by atoms with E-state index in [0.717, 1.165) is 6.04 Å². The molecule has 0 amide bonds. The minimum Gasteiger partial charge on any atom is -0.317 e. The molecule has 18 heavy (non-hydrogen) atoms. The van der Waals surface area contributed by atoms with Crippen LogP contribution in [0.5, 0.6) is 0 Å². The highest BCUT2D eigenvalue weighted by atomic mass is 15.2. The van der Waals surface area contributed by atoms with Crippen LogP contribution in [0, 0.1) is 0 Å². The van der Waals surface area contributed by atoms with Gasteiger partial charge in [0, 0.05) is 29.5 Å². The van der Waals surface area contributed by atoms with Gasteiger partial charge in [0.2, 0.25) is 0 Å². The first-order valence-electron chi connectivity index (χ1n) is 6.82. The van der Waals surface area contributed by atoms with Crippen molar-refractivity contribution in [2.45, 2.75) is 31.3 Å². The topological polar surface area (TPSA) is 7.65 Å². The Morgan fingerprint density at radius 1 is 1.11 bits per heavy atom. The normalized spacial score (nSPS) is 27.7. The molecule has 2 unspecified atom stereocenters. The first-order valence-corrected chi connectivity index (χ1v) is 6.82. The molecule has 2 atom stereocenters. The summed E-state index contributed by atoms with van der Waals surface area (Å²) in [4.78, 5) is 2.54. The summed E-state index contributed by atoms with van der Waals surface area (Å²) < 4.78 is 2.32. The monoisotopic (exact) mass is 238 g/mol. The molecule has 2 heteroatoms. The minimum atomic E-state index is 0.657. The molecule has 0 radical (unpaired) electrons. The fourth-order valence-electron chi connectivity index (χ4n) is 3.56. The van der Waals surface area contributed by atoms with Gasteiger partial charge in [-0.2, -0.15) is 0 Å². The quantitative estimate of drug-likeness (QED) is 0.740. The van der Waals surface area contributed by atoms with Crippen molar-refractivity contribution in [3.8, 4) is 0 Å². The molecular weight excluding hydrogens is 220 g/mol. The van der Waals surface area contributed by atoms with E-state index in [1.165, 1.54) is 36.0 Å². The molecule has 92 valence electrons. The molecule has 2 nitrogen and oxygen atoms in total. The second-order valence-electron chi connectivity index (χ2n) is 5.57. The molecular formula is C16H18N2. The van der Waals surface area contributed by atoms with Gasteiger partial charge in [0.25, 0.3) is 0 Å². The lowest BCUT2D eigenvalue weighted by Gasteiger charge is -2.30. The second kappa shape index (κ2) is 3.72. The SMILES string of the molecule is CN1C2C=C(c3cccc4cccn34)CC1CC2. The Labute approximate surface area is 108 Å². The van der Waals surface area contributed by atoms with E-state index in [2.05, 4.69) is 59.0 Å². The van der Waals surface area contributed by atoms with Gasteiger partial charge in [0.15, 0.2) is 0 Å². The average Bonchev–Trinajstić information content (AvgIpc) is 2.91. The van der Waals surface area contributed by atoms with Gasteiger partial charge in [0.05, 0.1) is 0 Å². The third-order valence-electron chi connectivity index (χ3n) is 4.63. The Balaban J connectivity index is 1.84. The Morgan fingerprint density at radius 2 is 2.00 bits per heavy atom. The lowest BCUT2D eigenvalue weighted by atomic mass is 9.98. The molecule has 0 aromatic carbocycles. The highest BCUT2D eigenvalue weighted by Gasteiger charge is 2.34. The molecule has 2 aliphatic heterocycles. The summed E-state index contributed by atoms with van der Waals surface area (Å²) in [5, 5.41) is 0. The molecule has 2 bridgehead atoms. The molecule has 1 saturated heterocycles. The standard InChI is InChI=1S/C16H18N2/c1-17-14-7-8-15(17)11-12(10-14)16-6-2-4-13-5-3-9-18(13)16/h2-6,9-10,14-15H,7-8,11H2,1H3. The van der Waals surface area contributed by atoms with Gasteiger partial charge in [-0.15, -0.1) is 0 Å². The van der Waals surface area contributed by atoms with Crippen LogP contribution in [0.4, 0.5) is 0 Å². The van der Waals surface area contributed by atoms with Crippen LogP contribution in [0.25, 0.3) is 11.1 Å². The van der Waals surface area contributed by atoms with E-state index in [-0.39, 0.29) is 0 Å². The van der Waals surface area contributed by atoms with Crippen molar-refractivity contribution >= 4 is 11.1 Å². The largest absolute Gasteiger partial charge is 0.317 e. The summed E-state index contributed by atoms with van der Waals surface area (Å²) in [5.41, 5.74) is 4.20. The molecule has 2 aliphatic rings. The number of nitrogens with zero attached hydrogens (tertiary/aromatic N) is 2. The van der Waals surface area contributed by atoms with Gasteiger partial charge in [-0.25, -0.2) is 0 Å². The lowest BCUT2D eigenvalue weighted by Crippen LogP contribution is -2.34. The summed E-state index contributed by atoms with van der Waals surface area (Å²) in [6, 6.07) is 12.3. The third-order valence-corrected chi connectivity index (χ3v) is 4.63. The zero-order valence-corrected chi connectivity index (χ0v) is 10.7. The molecule has 0 aliphatic carbocycles. The fraction of sp³-hybridized carbons (Fsp3) is 0.375. The first kappa shape index (κ1) is 10.4. The number of hydrogen-bond donors (Lipinski definition) is 0. The molecule has 2 aromatic rings. The molecule has 4 heterocycles. The molecule has 1 fully saturated rings. The van der Waals surface area contributed by atoms with Crippen molar-refractivity contribution in [1.29, 1.82) is 0 Å². The van der Waals surface area contributed by atoms with Crippen molar-refractivity contribution in [3.63, 3.8) is 0 Å². The Hall–Kier alpha value is -1.54. The van der Waals surface area contributed by atoms with Crippen molar-refractivity contribution < 1.29 is 0 Å². The Kier molecular flexibility index (Phi) is 2.15. The van der Waals surface area contributed by atoms with E-state index in [9.17, 15) is 0 Å². The van der Waals surface area contributed by atoms with Crippen molar-refractivity contribution in [1.82, 2.24) is 9.30 Å². The van der Waals surface area contributed by atoms with Crippen LogP contribution in [0.3, 0.4) is 0 Å². The van der Waals surface area contributed by atoms with Gasteiger partial charge < -0.3 is 4.40 Å². The summed E-state index contributed by atoms with van der Waals surface area (Å²) in [7, 11) is 2.27. The van der Waals surface area contributed by atoms with Crippen LogP contribution >= 0.6 is 0 Å². The number of pyridine rings is 1. The molecule has 2 aromatic heterocycles. The summed E-state index contributed by atoms with van der Waals surface area (Å²) in [6.07, 6.45) is 8.53. The number of hydrogen-bond acceptors (Lipinski definition) is 1. The third kappa shape index (κ3) is 1.39. The molecule has 0 spiro atoms. The Bertz CT molecular complexity index is 623. The highest BCUT2D eigenvalue weighted by Crippen LogP contribution is 2.37. The number of aromatic nitrogens is 1. The maximum absolute atomic E-state index is 2.54. The second-order valence-corrected chi connectivity index (χ2v) is 5.57. The summed E-state index contributed by atoms with van der Waals surface area (Å²) in [5.74, 6) is 0. The Morgan fingerprint density at radius 3 is 2.89 bits per heavy atom. The van der Waals surface area contributed by atoms with Gasteiger partial charge in [-0.3, -0.25) is 4.90 Å². The van der Waals surface area contributed by atoms with Crippen molar-refractivity contribution in [2.75, 3.05) is 7.05 Å². The van der Waals surface area contributed by atoms with Crippen molar-refractivity contribution in [3.05, 3.63) is 48.3 Å². The average molecular weight is 238 g/mol. The van der Waals surface area contributed by atoms with Gasteiger partial charge in [-0.1, -0.05) is 12.1 Å². The molecule has 0 N–H and O–H groups in total. The van der Waals surface area contributed by atoms with E-state index < -0.39 is 0 Å². The van der Waals surface area contributed by atoms with Crippen LogP contribution < -0.4 is 0 Å². The fourth-order valence-corrected chi connectivity index (χ4v) is 3.56. The van der Waals surface area contributed by atoms with Crippen LogP contribution in [0.1, 0.15) is 25.0 Å². The van der Waals surface area contributed by atoms with Gasteiger partial charge in [0.1, 0.15) is 0 Å². The predicted molar refractivity (Wildman–Crippen MR) is 74.6 cm³/mol. The zero-order chi connectivity index (χ0) is 12.1. The lowest BCUT2D eigenvalue weighted by molar-refractivity contribution is 0.264. The molecule has 0 saturated carbocycles. The van der Waals surface area contributed by atoms with Crippen LogP contribution in [-0.4, -0.2) is 28.4 Å². The van der Waals surface area contributed by atoms with E-state index >= 15 is 0 Å². The van der Waals surface area contributed by atoms with Crippen molar-refractivity contribution in [2.24, 2.45) is 0 Å². The number of rotatable bonds is 1. The summed E-state index contributed by atoms with van der Waals surface area (Å²) >= 11 is 0. The van der Waals surface area contributed by atoms with Gasteiger partial charge in [-0.05, 0) is 56.1 Å². The minimum absolute atomic E-state index is 0.657.